The second-order valence-corrected chi connectivity index (χ2v) is 3.79. The van der Waals surface area contributed by atoms with Gasteiger partial charge in [-0.3, -0.25) is 9.59 Å². The molecule has 17 heavy (non-hydrogen) atoms. The molecule has 0 saturated heterocycles. The Labute approximate surface area is 102 Å². The number of benzene rings is 1. The maximum absolute atomic E-state index is 13.4. The van der Waals surface area contributed by atoms with Crippen LogP contribution < -0.4 is 0 Å². The second kappa shape index (κ2) is 5.63. The minimum absolute atomic E-state index is 0.104. The molecule has 0 aromatic heterocycles. The van der Waals surface area contributed by atoms with Gasteiger partial charge in [0.15, 0.2) is 5.92 Å². The van der Waals surface area contributed by atoms with Gasteiger partial charge in [0.2, 0.25) is 0 Å². The number of carboxylic acids is 1. The van der Waals surface area contributed by atoms with E-state index >= 15 is 0 Å². The first kappa shape index (κ1) is 13.4. The fourth-order valence-corrected chi connectivity index (χ4v) is 1.48. The summed E-state index contributed by atoms with van der Waals surface area (Å²) in [6.07, 6.45) is -0.273. The molecule has 0 amide bonds. The third kappa shape index (κ3) is 3.42. The van der Waals surface area contributed by atoms with E-state index in [0.717, 1.165) is 13.2 Å². The molecule has 1 aromatic carbocycles. The summed E-state index contributed by atoms with van der Waals surface area (Å²) in [7, 11) is 1.08. The van der Waals surface area contributed by atoms with E-state index in [1.54, 1.807) is 0 Å². The van der Waals surface area contributed by atoms with Crippen LogP contribution in [0.2, 0.25) is 5.02 Å². The fourth-order valence-electron chi connectivity index (χ4n) is 1.32. The lowest BCUT2D eigenvalue weighted by atomic mass is 9.99. The Balaban J connectivity index is 2.94. The van der Waals surface area contributed by atoms with Gasteiger partial charge in [0.05, 0.1) is 7.11 Å². The zero-order valence-electron chi connectivity index (χ0n) is 8.94. The summed E-state index contributed by atoms with van der Waals surface area (Å²) in [6.45, 7) is 0. The number of aliphatic carboxylic acids is 1. The summed E-state index contributed by atoms with van der Waals surface area (Å²) in [5.74, 6) is -4.33. The second-order valence-electron chi connectivity index (χ2n) is 3.35. The molecule has 6 heteroatoms. The third-order valence-corrected chi connectivity index (χ3v) is 2.46. The Kier molecular flexibility index (Phi) is 4.45. The van der Waals surface area contributed by atoms with Crippen LogP contribution in [0.1, 0.15) is 5.56 Å². The summed E-state index contributed by atoms with van der Waals surface area (Å²) in [4.78, 5) is 22.0. The molecule has 0 bridgehead atoms. The Morgan fingerprint density at radius 3 is 2.65 bits per heavy atom. The van der Waals surface area contributed by atoms with Crippen molar-refractivity contribution in [1.82, 2.24) is 0 Å². The monoisotopic (exact) mass is 260 g/mol. The highest BCUT2D eigenvalue weighted by Gasteiger charge is 2.28. The lowest BCUT2D eigenvalue weighted by Gasteiger charge is -2.10. The fraction of sp³-hybridized carbons (Fsp3) is 0.273. The molecule has 0 saturated carbocycles. The average Bonchev–Trinajstić information content (AvgIpc) is 2.26. The van der Waals surface area contributed by atoms with Crippen molar-refractivity contribution in [3.63, 3.8) is 0 Å². The molecule has 1 aromatic rings. The number of ether oxygens (including phenoxy) is 1. The number of carbonyl (C=O) groups is 2. The summed E-state index contributed by atoms with van der Waals surface area (Å²) in [6, 6.07) is 3.83. The van der Waals surface area contributed by atoms with Crippen LogP contribution in [-0.2, 0) is 20.7 Å². The Hall–Kier alpha value is -1.62. The molecule has 1 atom stereocenters. The first-order valence-corrected chi connectivity index (χ1v) is 5.08. The molecule has 0 aliphatic heterocycles. The molecule has 1 N–H and O–H groups in total. The van der Waals surface area contributed by atoms with Crippen molar-refractivity contribution < 1.29 is 23.8 Å². The maximum atomic E-state index is 13.4. The molecule has 0 spiro atoms. The molecule has 4 nitrogen and oxygen atoms in total. The Bertz CT molecular complexity index is 447. The number of esters is 1. The van der Waals surface area contributed by atoms with E-state index in [1.807, 2.05) is 0 Å². The zero-order chi connectivity index (χ0) is 13.0. The average molecular weight is 261 g/mol. The molecule has 0 aliphatic carbocycles. The van der Waals surface area contributed by atoms with Gasteiger partial charge in [-0.25, -0.2) is 4.39 Å². The van der Waals surface area contributed by atoms with E-state index in [-0.39, 0.29) is 17.0 Å². The molecule has 0 fully saturated rings. The molecule has 0 aliphatic rings. The largest absolute Gasteiger partial charge is 0.481 e. The molecular weight excluding hydrogens is 251 g/mol. The molecule has 1 rings (SSSR count). The summed E-state index contributed by atoms with van der Waals surface area (Å²) in [5, 5.41) is 9.04. The van der Waals surface area contributed by atoms with Gasteiger partial charge in [0.25, 0.3) is 0 Å². The number of halogens is 2. The van der Waals surface area contributed by atoms with Crippen molar-refractivity contribution in [2.45, 2.75) is 6.42 Å². The summed E-state index contributed by atoms with van der Waals surface area (Å²) in [5.41, 5.74) is 0.104. The van der Waals surface area contributed by atoms with Crippen LogP contribution >= 0.6 is 11.6 Å². The highest BCUT2D eigenvalue weighted by Crippen LogP contribution is 2.18. The van der Waals surface area contributed by atoms with E-state index in [1.165, 1.54) is 12.1 Å². The topological polar surface area (TPSA) is 63.6 Å². The smallest absolute Gasteiger partial charge is 0.320 e. The van der Waals surface area contributed by atoms with Crippen molar-refractivity contribution in [3.8, 4) is 0 Å². The van der Waals surface area contributed by atoms with Crippen LogP contribution in [0.3, 0.4) is 0 Å². The minimum Gasteiger partial charge on any atom is -0.481 e. The molecule has 92 valence electrons. The van der Waals surface area contributed by atoms with Crippen LogP contribution in [-0.4, -0.2) is 24.2 Å². The number of methoxy groups -OCH3 is 1. The van der Waals surface area contributed by atoms with Gasteiger partial charge in [-0.05, 0) is 24.1 Å². The molecule has 0 heterocycles. The summed E-state index contributed by atoms with van der Waals surface area (Å²) >= 11 is 5.56. The SMILES string of the molecule is COC(=O)C(Cc1ccc(Cl)cc1F)C(=O)O. The number of rotatable bonds is 4. The van der Waals surface area contributed by atoms with Crippen LogP contribution in [0, 0.1) is 11.7 Å². The van der Waals surface area contributed by atoms with Gasteiger partial charge in [0, 0.05) is 5.02 Å². The van der Waals surface area contributed by atoms with Crippen molar-refractivity contribution in [3.05, 3.63) is 34.6 Å². The standard InChI is InChI=1S/C11H10ClFO4/c1-17-11(16)8(10(14)15)4-6-2-3-7(12)5-9(6)13/h2-3,5,8H,4H2,1H3,(H,14,15). The molecule has 1 unspecified atom stereocenters. The highest BCUT2D eigenvalue weighted by molar-refractivity contribution is 6.30. The van der Waals surface area contributed by atoms with Crippen molar-refractivity contribution in [1.29, 1.82) is 0 Å². The lowest BCUT2D eigenvalue weighted by Crippen LogP contribution is -2.27. The van der Waals surface area contributed by atoms with Gasteiger partial charge in [0.1, 0.15) is 5.82 Å². The molecular formula is C11H10ClFO4. The molecule has 0 radical (unpaired) electrons. The van der Waals surface area contributed by atoms with E-state index in [2.05, 4.69) is 4.74 Å². The van der Waals surface area contributed by atoms with Gasteiger partial charge in [-0.1, -0.05) is 17.7 Å². The quantitative estimate of drug-likeness (QED) is 0.663. The number of carboxylic acid groups (broad SMARTS) is 1. The predicted molar refractivity (Wildman–Crippen MR) is 58.3 cm³/mol. The van der Waals surface area contributed by atoms with E-state index in [9.17, 15) is 14.0 Å². The first-order valence-electron chi connectivity index (χ1n) is 4.70. The summed E-state index contributed by atoms with van der Waals surface area (Å²) < 4.78 is 17.8. The number of hydrogen-bond acceptors (Lipinski definition) is 3. The van der Waals surface area contributed by atoms with Gasteiger partial charge >= 0.3 is 11.9 Å². The Morgan fingerprint density at radius 1 is 1.53 bits per heavy atom. The Morgan fingerprint density at radius 2 is 2.18 bits per heavy atom. The van der Waals surface area contributed by atoms with Crippen LogP contribution in [0.4, 0.5) is 4.39 Å². The maximum Gasteiger partial charge on any atom is 0.320 e. The zero-order valence-corrected chi connectivity index (χ0v) is 9.70. The third-order valence-electron chi connectivity index (χ3n) is 2.22. The van der Waals surface area contributed by atoms with Crippen LogP contribution in [0.15, 0.2) is 18.2 Å². The van der Waals surface area contributed by atoms with Crippen LogP contribution in [0.5, 0.6) is 0 Å². The predicted octanol–water partition coefficient (Wildman–Crippen LogP) is 1.90. The van der Waals surface area contributed by atoms with E-state index in [0.29, 0.717) is 0 Å². The normalized spacial score (nSPS) is 11.9. The number of hydrogen-bond donors (Lipinski definition) is 1. The van der Waals surface area contributed by atoms with Gasteiger partial charge in [-0.2, -0.15) is 0 Å². The first-order chi connectivity index (χ1) is 7.95. The highest BCUT2D eigenvalue weighted by atomic mass is 35.5. The van der Waals surface area contributed by atoms with E-state index < -0.39 is 23.7 Å². The van der Waals surface area contributed by atoms with E-state index in [4.69, 9.17) is 16.7 Å². The van der Waals surface area contributed by atoms with Crippen molar-refractivity contribution in [2.24, 2.45) is 5.92 Å². The van der Waals surface area contributed by atoms with Crippen molar-refractivity contribution in [2.75, 3.05) is 7.11 Å². The lowest BCUT2D eigenvalue weighted by molar-refractivity contribution is -0.156. The van der Waals surface area contributed by atoms with Gasteiger partial charge in [-0.15, -0.1) is 0 Å². The van der Waals surface area contributed by atoms with Crippen molar-refractivity contribution >= 4 is 23.5 Å². The van der Waals surface area contributed by atoms with Gasteiger partial charge < -0.3 is 9.84 Å². The number of carbonyl (C=O) groups excluding carboxylic acids is 1. The van der Waals surface area contributed by atoms with Crippen LogP contribution in [0.25, 0.3) is 0 Å². The minimum atomic E-state index is -1.42.